The van der Waals surface area contributed by atoms with Crippen LogP contribution in [0.15, 0.2) is 30.3 Å². The van der Waals surface area contributed by atoms with E-state index < -0.39 is 9.84 Å². The van der Waals surface area contributed by atoms with Crippen LogP contribution in [-0.2, 0) is 22.7 Å². The monoisotopic (exact) mass is 332 g/mol. The van der Waals surface area contributed by atoms with Gasteiger partial charge in [0.25, 0.3) is 0 Å². The minimum Gasteiger partial charge on any atom is -0.338 e. The molecule has 0 heterocycles. The van der Waals surface area contributed by atoms with E-state index in [9.17, 15) is 13.2 Å². The number of sulfone groups is 1. The number of carbonyl (C=O) groups excluding carboxylic acids is 1. The maximum Gasteiger partial charge on any atom is 0.319 e. The van der Waals surface area contributed by atoms with Gasteiger partial charge in [0.2, 0.25) is 0 Å². The van der Waals surface area contributed by atoms with Crippen molar-refractivity contribution in [2.75, 3.05) is 23.9 Å². The average Bonchev–Trinajstić information content (AvgIpc) is 2.91. The fourth-order valence-electron chi connectivity index (χ4n) is 3.06. The molecule has 2 amide bonds. The molecule has 1 aliphatic rings. The molecular formula is C17H20N2O3S. The van der Waals surface area contributed by atoms with Gasteiger partial charge in [0.15, 0.2) is 0 Å². The number of rotatable bonds is 5. The number of nitrogens with one attached hydrogen (secondary N) is 2. The van der Waals surface area contributed by atoms with Crippen LogP contribution in [0.2, 0.25) is 0 Å². The minimum atomic E-state index is -2.98. The van der Waals surface area contributed by atoms with Gasteiger partial charge in [0.1, 0.15) is 9.84 Å². The van der Waals surface area contributed by atoms with Crippen molar-refractivity contribution in [1.82, 2.24) is 5.32 Å². The van der Waals surface area contributed by atoms with Crippen molar-refractivity contribution in [1.29, 1.82) is 0 Å². The van der Waals surface area contributed by atoms with Gasteiger partial charge in [-0.05, 0) is 41.8 Å². The van der Waals surface area contributed by atoms with E-state index in [2.05, 4.69) is 22.8 Å². The highest BCUT2D eigenvalue weighted by atomic mass is 32.2. The van der Waals surface area contributed by atoms with Crippen molar-refractivity contribution in [3.63, 3.8) is 0 Å². The summed E-state index contributed by atoms with van der Waals surface area (Å²) in [6.07, 6.45) is 3.71. The van der Waals surface area contributed by atoms with Gasteiger partial charge in [-0.25, -0.2) is 13.2 Å². The van der Waals surface area contributed by atoms with Gasteiger partial charge in [0.05, 0.1) is 11.4 Å². The third-order valence-electron chi connectivity index (χ3n) is 4.10. The van der Waals surface area contributed by atoms with Crippen LogP contribution in [-0.4, -0.2) is 33.0 Å². The molecule has 0 aliphatic heterocycles. The summed E-state index contributed by atoms with van der Waals surface area (Å²) in [5.74, 6) is 0.0776. The summed E-state index contributed by atoms with van der Waals surface area (Å²) in [4.78, 5) is 12.0. The summed E-state index contributed by atoms with van der Waals surface area (Å²) in [7, 11) is -2.98. The van der Waals surface area contributed by atoms with Crippen molar-refractivity contribution < 1.29 is 13.2 Å². The molecule has 0 radical (unpaired) electrons. The molecule has 0 bridgehead atoms. The van der Waals surface area contributed by atoms with E-state index in [1.807, 2.05) is 18.2 Å². The first-order valence-corrected chi connectivity index (χ1v) is 9.76. The number of amides is 2. The van der Waals surface area contributed by atoms with Crippen molar-refractivity contribution in [2.24, 2.45) is 0 Å². The quantitative estimate of drug-likeness (QED) is 0.826. The zero-order chi connectivity index (χ0) is 16.4. The van der Waals surface area contributed by atoms with E-state index in [0.29, 0.717) is 13.0 Å². The molecule has 122 valence electrons. The molecule has 0 atom stereocenters. The predicted octanol–water partition coefficient (Wildman–Crippen LogP) is 2.49. The largest absolute Gasteiger partial charge is 0.338 e. The normalized spacial score (nSPS) is 13.3. The van der Waals surface area contributed by atoms with Crippen LogP contribution in [0.3, 0.4) is 0 Å². The lowest BCUT2D eigenvalue weighted by atomic mass is 10.0. The van der Waals surface area contributed by atoms with Crippen LogP contribution < -0.4 is 10.6 Å². The molecular weight excluding hydrogens is 312 g/mol. The van der Waals surface area contributed by atoms with Gasteiger partial charge in [-0.3, -0.25) is 0 Å². The zero-order valence-corrected chi connectivity index (χ0v) is 13.9. The first-order chi connectivity index (χ1) is 10.9. The van der Waals surface area contributed by atoms with Crippen LogP contribution in [0.25, 0.3) is 10.8 Å². The number of carbonyl (C=O) groups is 1. The van der Waals surface area contributed by atoms with E-state index in [0.717, 1.165) is 23.9 Å². The maximum atomic E-state index is 12.0. The van der Waals surface area contributed by atoms with E-state index in [4.69, 9.17) is 0 Å². The molecule has 0 unspecified atom stereocenters. The Morgan fingerprint density at radius 1 is 1.13 bits per heavy atom. The zero-order valence-electron chi connectivity index (χ0n) is 13.1. The summed E-state index contributed by atoms with van der Waals surface area (Å²) >= 11 is 0. The molecule has 0 saturated heterocycles. The van der Waals surface area contributed by atoms with Crippen molar-refractivity contribution in [2.45, 2.75) is 19.3 Å². The summed E-state index contributed by atoms with van der Waals surface area (Å²) < 4.78 is 22.1. The fourth-order valence-corrected chi connectivity index (χ4v) is 3.73. The fraction of sp³-hybridized carbons (Fsp3) is 0.353. The second kappa shape index (κ2) is 6.20. The topological polar surface area (TPSA) is 75.3 Å². The molecule has 6 heteroatoms. The van der Waals surface area contributed by atoms with Crippen LogP contribution >= 0.6 is 0 Å². The Balaban J connectivity index is 1.67. The van der Waals surface area contributed by atoms with Crippen molar-refractivity contribution in [3.05, 3.63) is 41.5 Å². The Morgan fingerprint density at radius 2 is 1.87 bits per heavy atom. The van der Waals surface area contributed by atoms with Crippen LogP contribution in [0.1, 0.15) is 17.5 Å². The molecule has 0 spiro atoms. The highest BCUT2D eigenvalue weighted by Gasteiger charge is 2.16. The Bertz CT molecular complexity index is 849. The van der Waals surface area contributed by atoms with Crippen molar-refractivity contribution in [3.8, 4) is 0 Å². The summed E-state index contributed by atoms with van der Waals surface area (Å²) in [5.41, 5.74) is 3.44. The smallest absolute Gasteiger partial charge is 0.319 e. The first kappa shape index (κ1) is 15.8. The first-order valence-electron chi connectivity index (χ1n) is 7.70. The van der Waals surface area contributed by atoms with E-state index >= 15 is 0 Å². The number of anilines is 1. The molecule has 5 nitrogen and oxygen atoms in total. The maximum absolute atomic E-state index is 12.0. The van der Waals surface area contributed by atoms with E-state index in [1.54, 1.807) is 0 Å². The second-order valence-electron chi connectivity index (χ2n) is 5.98. The molecule has 1 aliphatic carbocycles. The SMILES string of the molecule is CS(=O)(=O)CCCNC(=O)Nc1ccc2c3c(cccc13)CC2. The second-order valence-corrected chi connectivity index (χ2v) is 8.24. The minimum absolute atomic E-state index is 0.0776. The lowest BCUT2D eigenvalue weighted by Gasteiger charge is -2.11. The third-order valence-corrected chi connectivity index (χ3v) is 5.13. The number of urea groups is 1. The highest BCUT2D eigenvalue weighted by Crippen LogP contribution is 2.34. The number of hydrogen-bond donors (Lipinski definition) is 2. The van der Waals surface area contributed by atoms with Crippen LogP contribution in [0.5, 0.6) is 0 Å². The van der Waals surface area contributed by atoms with Gasteiger partial charge in [-0.15, -0.1) is 0 Å². The average molecular weight is 332 g/mol. The van der Waals surface area contributed by atoms with Crippen LogP contribution in [0, 0.1) is 0 Å². The molecule has 0 aromatic heterocycles. The summed E-state index contributed by atoms with van der Waals surface area (Å²) in [6.45, 7) is 0.334. The number of aryl methyl sites for hydroxylation is 2. The Morgan fingerprint density at radius 3 is 2.61 bits per heavy atom. The van der Waals surface area contributed by atoms with E-state index in [1.165, 1.54) is 22.8 Å². The molecule has 0 saturated carbocycles. The third kappa shape index (κ3) is 3.64. The number of hydrogen-bond acceptors (Lipinski definition) is 3. The molecule has 0 fully saturated rings. The van der Waals surface area contributed by atoms with Crippen LogP contribution in [0.4, 0.5) is 10.5 Å². The lowest BCUT2D eigenvalue weighted by Crippen LogP contribution is -2.30. The summed E-state index contributed by atoms with van der Waals surface area (Å²) in [6, 6.07) is 9.86. The Kier molecular flexibility index (Phi) is 4.26. The highest BCUT2D eigenvalue weighted by molar-refractivity contribution is 7.90. The molecule has 3 rings (SSSR count). The Labute approximate surface area is 136 Å². The molecule has 2 aromatic rings. The van der Waals surface area contributed by atoms with E-state index in [-0.39, 0.29) is 11.8 Å². The number of benzene rings is 2. The molecule has 2 N–H and O–H groups in total. The molecule has 23 heavy (non-hydrogen) atoms. The van der Waals surface area contributed by atoms with Gasteiger partial charge in [-0.2, -0.15) is 0 Å². The Hall–Kier alpha value is -2.08. The van der Waals surface area contributed by atoms with Gasteiger partial charge < -0.3 is 10.6 Å². The standard InChI is InChI=1S/C17H20N2O3S/c1-23(21,22)11-3-10-18-17(20)19-15-9-8-13-7-6-12-4-2-5-14(15)16(12)13/h2,4-5,8-9H,3,6-7,10-11H2,1H3,(H2,18,19,20). The summed E-state index contributed by atoms with van der Waals surface area (Å²) in [5, 5.41) is 7.88. The van der Waals surface area contributed by atoms with Gasteiger partial charge in [-0.1, -0.05) is 24.3 Å². The molecule has 2 aromatic carbocycles. The van der Waals surface area contributed by atoms with Crippen molar-refractivity contribution >= 4 is 32.3 Å². The van der Waals surface area contributed by atoms with Gasteiger partial charge in [0, 0.05) is 18.2 Å². The van der Waals surface area contributed by atoms with Gasteiger partial charge >= 0.3 is 6.03 Å². The predicted molar refractivity (Wildman–Crippen MR) is 92.7 cm³/mol. The lowest BCUT2D eigenvalue weighted by molar-refractivity contribution is 0.252.